The monoisotopic (exact) mass is 265 g/mol. The van der Waals surface area contributed by atoms with Crippen LogP contribution in [0.1, 0.15) is 19.8 Å². The van der Waals surface area contributed by atoms with E-state index in [0.717, 1.165) is 37.4 Å². The van der Waals surface area contributed by atoms with Crippen LogP contribution in [-0.2, 0) is 0 Å². The molecular weight excluding hydrogens is 242 g/mol. The lowest BCUT2D eigenvalue weighted by molar-refractivity contribution is 0.0659. The third kappa shape index (κ3) is 4.11. The predicted octanol–water partition coefficient (Wildman–Crippen LogP) is 1.82. The fraction of sp³-hybridized carbons (Fsp3) is 0.600. The van der Waals surface area contributed by atoms with Crippen LogP contribution in [-0.4, -0.2) is 37.5 Å². The molecule has 106 valence electrons. The largest absolute Gasteiger partial charge is 0.490 e. The molecule has 1 aromatic carbocycles. The van der Waals surface area contributed by atoms with Crippen LogP contribution in [0.25, 0.3) is 0 Å². The van der Waals surface area contributed by atoms with Gasteiger partial charge in [0.15, 0.2) is 11.5 Å². The van der Waals surface area contributed by atoms with Crippen LogP contribution >= 0.6 is 0 Å². The van der Waals surface area contributed by atoms with Gasteiger partial charge in [0.25, 0.3) is 0 Å². The summed E-state index contributed by atoms with van der Waals surface area (Å²) >= 11 is 0. The molecule has 1 aliphatic heterocycles. The standard InChI is InChI=1S/C15H23NO3/c1-2-18-14-5-3-4-6-15(14)19-10-8-12-11-16-9-7-13(12)17/h3-6,12-13,16-17H,2,7-11H2,1H3. The summed E-state index contributed by atoms with van der Waals surface area (Å²) in [5, 5.41) is 13.2. The molecule has 4 heteroatoms. The van der Waals surface area contributed by atoms with Gasteiger partial charge in [-0.2, -0.15) is 0 Å². The second kappa shape index (κ2) is 7.36. The van der Waals surface area contributed by atoms with Crippen molar-refractivity contribution in [1.82, 2.24) is 5.32 Å². The van der Waals surface area contributed by atoms with Crippen LogP contribution < -0.4 is 14.8 Å². The molecule has 0 aliphatic carbocycles. The Hall–Kier alpha value is -1.26. The summed E-state index contributed by atoms with van der Waals surface area (Å²) in [6.07, 6.45) is 1.49. The fourth-order valence-corrected chi connectivity index (χ4v) is 2.37. The number of hydrogen-bond acceptors (Lipinski definition) is 4. The zero-order valence-electron chi connectivity index (χ0n) is 11.5. The van der Waals surface area contributed by atoms with Crippen LogP contribution in [0.4, 0.5) is 0 Å². The van der Waals surface area contributed by atoms with Crippen molar-refractivity contribution < 1.29 is 14.6 Å². The Balaban J connectivity index is 1.81. The molecule has 2 unspecified atom stereocenters. The predicted molar refractivity (Wildman–Crippen MR) is 74.7 cm³/mol. The SMILES string of the molecule is CCOc1ccccc1OCCC1CNCCC1O. The minimum absolute atomic E-state index is 0.202. The molecule has 0 amide bonds. The van der Waals surface area contributed by atoms with Gasteiger partial charge in [-0.3, -0.25) is 0 Å². The lowest BCUT2D eigenvalue weighted by Gasteiger charge is -2.28. The van der Waals surface area contributed by atoms with Gasteiger partial charge in [-0.1, -0.05) is 12.1 Å². The third-order valence-corrected chi connectivity index (χ3v) is 3.46. The smallest absolute Gasteiger partial charge is 0.161 e. The van der Waals surface area contributed by atoms with Crippen molar-refractivity contribution in [3.05, 3.63) is 24.3 Å². The summed E-state index contributed by atoms with van der Waals surface area (Å²) in [6, 6.07) is 7.71. The van der Waals surface area contributed by atoms with Crippen LogP contribution in [0.3, 0.4) is 0 Å². The minimum atomic E-state index is -0.202. The van der Waals surface area contributed by atoms with Gasteiger partial charge in [-0.05, 0) is 38.4 Å². The molecule has 19 heavy (non-hydrogen) atoms. The lowest BCUT2D eigenvalue weighted by Crippen LogP contribution is -2.40. The Morgan fingerprint density at radius 3 is 2.68 bits per heavy atom. The number of para-hydroxylation sites is 2. The highest BCUT2D eigenvalue weighted by molar-refractivity contribution is 5.39. The van der Waals surface area contributed by atoms with E-state index in [4.69, 9.17) is 9.47 Å². The van der Waals surface area contributed by atoms with Gasteiger partial charge in [0, 0.05) is 12.5 Å². The van der Waals surface area contributed by atoms with Crippen molar-refractivity contribution in [2.75, 3.05) is 26.3 Å². The maximum atomic E-state index is 9.88. The number of nitrogens with one attached hydrogen (secondary N) is 1. The first-order valence-corrected chi connectivity index (χ1v) is 7.04. The van der Waals surface area contributed by atoms with Gasteiger partial charge in [-0.15, -0.1) is 0 Å². The Morgan fingerprint density at radius 2 is 2.00 bits per heavy atom. The molecular formula is C15H23NO3. The van der Waals surface area contributed by atoms with Gasteiger partial charge in [0.05, 0.1) is 19.3 Å². The average molecular weight is 265 g/mol. The van der Waals surface area contributed by atoms with E-state index in [-0.39, 0.29) is 12.0 Å². The van der Waals surface area contributed by atoms with Crippen LogP contribution in [0.5, 0.6) is 11.5 Å². The zero-order valence-corrected chi connectivity index (χ0v) is 11.5. The van der Waals surface area contributed by atoms with Gasteiger partial charge in [0.2, 0.25) is 0 Å². The maximum Gasteiger partial charge on any atom is 0.161 e. The van der Waals surface area contributed by atoms with Crippen molar-refractivity contribution in [3.8, 4) is 11.5 Å². The quantitative estimate of drug-likeness (QED) is 0.824. The van der Waals surface area contributed by atoms with Crippen molar-refractivity contribution in [2.24, 2.45) is 5.92 Å². The Bertz CT molecular complexity index is 383. The number of piperidine rings is 1. The van der Waals surface area contributed by atoms with Gasteiger partial charge < -0.3 is 19.9 Å². The summed E-state index contributed by atoms with van der Waals surface area (Å²) in [6.45, 7) is 4.98. The Morgan fingerprint density at radius 1 is 1.26 bits per heavy atom. The molecule has 2 N–H and O–H groups in total. The van der Waals surface area contributed by atoms with Crippen molar-refractivity contribution in [2.45, 2.75) is 25.9 Å². The highest BCUT2D eigenvalue weighted by atomic mass is 16.5. The van der Waals surface area contributed by atoms with E-state index < -0.39 is 0 Å². The third-order valence-electron chi connectivity index (χ3n) is 3.46. The van der Waals surface area contributed by atoms with Crippen LogP contribution in [0.2, 0.25) is 0 Å². The number of aliphatic hydroxyl groups is 1. The number of rotatable bonds is 6. The molecule has 0 saturated carbocycles. The minimum Gasteiger partial charge on any atom is -0.490 e. The normalized spacial score (nSPS) is 23.1. The van der Waals surface area contributed by atoms with E-state index in [1.165, 1.54) is 0 Å². The highest BCUT2D eigenvalue weighted by Crippen LogP contribution is 2.27. The summed E-state index contributed by atoms with van der Waals surface area (Å²) in [5.41, 5.74) is 0. The summed E-state index contributed by atoms with van der Waals surface area (Å²) < 4.78 is 11.3. The second-order valence-electron chi connectivity index (χ2n) is 4.84. The lowest BCUT2D eigenvalue weighted by atomic mass is 9.93. The molecule has 0 radical (unpaired) electrons. The molecule has 2 rings (SSSR count). The maximum absolute atomic E-state index is 9.88. The van der Waals surface area contributed by atoms with Gasteiger partial charge in [0.1, 0.15) is 0 Å². The first kappa shape index (κ1) is 14.2. The van der Waals surface area contributed by atoms with E-state index in [9.17, 15) is 5.11 Å². The molecule has 2 atom stereocenters. The Kier molecular flexibility index (Phi) is 5.48. The second-order valence-corrected chi connectivity index (χ2v) is 4.84. The molecule has 4 nitrogen and oxygen atoms in total. The molecule has 0 spiro atoms. The zero-order chi connectivity index (χ0) is 13.5. The summed E-state index contributed by atoms with van der Waals surface area (Å²) in [7, 11) is 0. The van der Waals surface area contributed by atoms with Gasteiger partial charge >= 0.3 is 0 Å². The van der Waals surface area contributed by atoms with Crippen LogP contribution in [0.15, 0.2) is 24.3 Å². The number of hydrogen-bond donors (Lipinski definition) is 2. The van der Waals surface area contributed by atoms with Crippen molar-refractivity contribution in [1.29, 1.82) is 0 Å². The van der Waals surface area contributed by atoms with E-state index in [0.29, 0.717) is 13.2 Å². The summed E-state index contributed by atoms with van der Waals surface area (Å²) in [4.78, 5) is 0. The molecule has 1 saturated heterocycles. The van der Waals surface area contributed by atoms with Crippen LogP contribution in [0, 0.1) is 5.92 Å². The average Bonchev–Trinajstić information content (AvgIpc) is 2.43. The molecule has 0 aromatic heterocycles. The molecule has 1 aliphatic rings. The van der Waals surface area contributed by atoms with Crippen molar-refractivity contribution >= 4 is 0 Å². The van der Waals surface area contributed by atoms with Gasteiger partial charge in [-0.25, -0.2) is 0 Å². The number of benzene rings is 1. The molecule has 1 heterocycles. The number of aliphatic hydroxyl groups excluding tert-OH is 1. The Labute approximate surface area is 114 Å². The van der Waals surface area contributed by atoms with Crippen molar-refractivity contribution in [3.63, 3.8) is 0 Å². The first-order valence-electron chi connectivity index (χ1n) is 7.04. The number of ether oxygens (including phenoxy) is 2. The van der Waals surface area contributed by atoms with E-state index in [1.54, 1.807) is 0 Å². The van der Waals surface area contributed by atoms with E-state index in [2.05, 4.69) is 5.32 Å². The molecule has 1 aromatic rings. The highest BCUT2D eigenvalue weighted by Gasteiger charge is 2.22. The topological polar surface area (TPSA) is 50.7 Å². The summed E-state index contributed by atoms with van der Waals surface area (Å²) in [5.74, 6) is 1.85. The first-order chi connectivity index (χ1) is 9.31. The fourth-order valence-electron chi connectivity index (χ4n) is 2.37. The molecule has 1 fully saturated rings. The molecule has 0 bridgehead atoms. The van der Waals surface area contributed by atoms with E-state index in [1.807, 2.05) is 31.2 Å². The van der Waals surface area contributed by atoms with E-state index >= 15 is 0 Å².